The first-order valence-electron chi connectivity index (χ1n) is 11.5. The molecule has 15 heteroatoms. The van der Waals surface area contributed by atoms with E-state index < -0.39 is 62.3 Å². The first-order chi connectivity index (χ1) is 17.9. The Morgan fingerprint density at radius 2 is 2.00 bits per heavy atom. The number of rotatable bonds is 10. The molecule has 1 saturated heterocycles. The number of para-hydroxylation sites is 1. The molecule has 1 aromatic carbocycles. The van der Waals surface area contributed by atoms with E-state index in [1.807, 2.05) is 0 Å². The normalized spacial score (nSPS) is 25.2. The van der Waals surface area contributed by atoms with E-state index in [-0.39, 0.29) is 11.6 Å². The maximum Gasteiger partial charge on any atom is 0.530 e. The van der Waals surface area contributed by atoms with Gasteiger partial charge in [0.25, 0.3) is 0 Å². The van der Waals surface area contributed by atoms with Gasteiger partial charge in [0.05, 0.1) is 18.9 Å². The number of benzene rings is 1. The third-order valence-corrected chi connectivity index (χ3v) is 6.66. The van der Waals surface area contributed by atoms with Gasteiger partial charge in [0.1, 0.15) is 23.8 Å². The lowest BCUT2D eigenvalue weighted by molar-refractivity contribution is -0.156. The highest BCUT2D eigenvalue weighted by molar-refractivity contribution is 7.49. The number of phosphoric ester groups is 1. The maximum atomic E-state index is 13.6. The van der Waals surface area contributed by atoms with Crippen LogP contribution in [0.1, 0.15) is 33.9 Å². The third-order valence-electron chi connectivity index (χ3n) is 5.18. The summed E-state index contributed by atoms with van der Waals surface area (Å²) in [5, 5.41) is 14.9. The number of phosphoric acid groups is 1. The van der Waals surface area contributed by atoms with Crippen LogP contribution in [0.5, 0.6) is 5.75 Å². The highest BCUT2D eigenvalue weighted by Gasteiger charge is 2.56. The predicted molar refractivity (Wildman–Crippen MR) is 133 cm³/mol. The minimum absolute atomic E-state index is 0.125. The fourth-order valence-corrected chi connectivity index (χ4v) is 4.83. The van der Waals surface area contributed by atoms with E-state index in [9.17, 15) is 19.3 Å². The third kappa shape index (κ3) is 6.76. The monoisotopic (exact) mass is 551 g/mol. The standard InChI is InChI=1S/C23H30N5O9P/c1-5-11-23(25)19(29)17(35-21(23)28-22(31)27-18(24)12-26-28)13-33-38(32,37-16-9-7-6-8-10-16)36-15(4)20(30)34-14(2)3/h6-10,12,14-15,17,19,21,29H,13,25H2,1-4H3,(H2,24,27,31)/t15-,17+,19-,21+,23?,38-/m0/s1. The number of esters is 1. The van der Waals surface area contributed by atoms with Gasteiger partial charge in [0, 0.05) is 0 Å². The van der Waals surface area contributed by atoms with Gasteiger partial charge in [0.15, 0.2) is 17.9 Å². The number of hydrogen-bond acceptors (Lipinski definition) is 13. The van der Waals surface area contributed by atoms with Crippen LogP contribution in [0.15, 0.2) is 41.3 Å². The molecule has 38 heavy (non-hydrogen) atoms. The zero-order valence-electron chi connectivity index (χ0n) is 21.2. The van der Waals surface area contributed by atoms with E-state index >= 15 is 0 Å². The van der Waals surface area contributed by atoms with Crippen LogP contribution in [0.25, 0.3) is 0 Å². The molecule has 1 aliphatic heterocycles. The van der Waals surface area contributed by atoms with Crippen LogP contribution >= 0.6 is 7.82 Å². The molecular formula is C23H30N5O9P. The predicted octanol–water partition coefficient (Wildman–Crippen LogP) is 0.760. The molecule has 5 N–H and O–H groups in total. The molecule has 1 unspecified atom stereocenters. The topological polar surface area (TPSA) is 200 Å². The van der Waals surface area contributed by atoms with E-state index in [0.717, 1.165) is 10.9 Å². The van der Waals surface area contributed by atoms with E-state index in [1.54, 1.807) is 32.0 Å². The van der Waals surface area contributed by atoms with Gasteiger partial charge < -0.3 is 30.6 Å². The summed E-state index contributed by atoms with van der Waals surface area (Å²) in [6, 6.07) is 7.97. The molecule has 1 aliphatic rings. The van der Waals surface area contributed by atoms with Crippen molar-refractivity contribution in [2.45, 2.75) is 63.9 Å². The largest absolute Gasteiger partial charge is 0.530 e. The Morgan fingerprint density at radius 3 is 2.61 bits per heavy atom. The van der Waals surface area contributed by atoms with Gasteiger partial charge in [0.2, 0.25) is 0 Å². The summed E-state index contributed by atoms with van der Waals surface area (Å²) in [5.41, 5.74) is 9.14. The van der Waals surface area contributed by atoms with Gasteiger partial charge in [-0.25, -0.2) is 14.2 Å². The summed E-state index contributed by atoms with van der Waals surface area (Å²) in [4.78, 5) is 28.3. The van der Waals surface area contributed by atoms with Gasteiger partial charge in [-0.1, -0.05) is 24.1 Å². The van der Waals surface area contributed by atoms with Crippen molar-refractivity contribution in [3.8, 4) is 17.6 Å². The Morgan fingerprint density at radius 1 is 1.32 bits per heavy atom. The highest BCUT2D eigenvalue weighted by Crippen LogP contribution is 2.51. The summed E-state index contributed by atoms with van der Waals surface area (Å²) in [7, 11) is -4.52. The van der Waals surface area contributed by atoms with Crippen molar-refractivity contribution in [3.05, 3.63) is 47.0 Å². The lowest BCUT2D eigenvalue weighted by atomic mass is 9.92. The number of carbonyl (C=O) groups is 1. The van der Waals surface area contributed by atoms with Crippen LogP contribution < -0.4 is 21.7 Å². The Labute approximate surface area is 218 Å². The number of ether oxygens (including phenoxy) is 2. The van der Waals surface area contributed by atoms with Gasteiger partial charge in [-0.05, 0) is 39.8 Å². The fraction of sp³-hybridized carbons (Fsp3) is 0.478. The van der Waals surface area contributed by atoms with E-state index in [0.29, 0.717) is 0 Å². The van der Waals surface area contributed by atoms with Crippen LogP contribution in [0, 0.1) is 11.8 Å². The molecule has 2 aromatic rings. The molecule has 0 aliphatic carbocycles. The average molecular weight is 551 g/mol. The minimum Gasteiger partial charge on any atom is -0.461 e. The zero-order valence-corrected chi connectivity index (χ0v) is 22.1. The zero-order chi connectivity index (χ0) is 28.1. The number of hydrogen-bond donors (Lipinski definition) is 3. The molecule has 1 aromatic heterocycles. The van der Waals surface area contributed by atoms with Crippen molar-refractivity contribution in [1.29, 1.82) is 0 Å². The van der Waals surface area contributed by atoms with Crippen molar-refractivity contribution in [3.63, 3.8) is 0 Å². The molecule has 2 heterocycles. The Kier molecular flexibility index (Phi) is 9.26. The summed E-state index contributed by atoms with van der Waals surface area (Å²) < 4.78 is 41.6. The summed E-state index contributed by atoms with van der Waals surface area (Å²) in [5.74, 6) is 4.43. The number of aromatic nitrogens is 3. The Balaban J connectivity index is 1.86. The molecule has 3 rings (SSSR count). The number of nitrogen functional groups attached to an aromatic ring is 1. The molecule has 0 radical (unpaired) electrons. The van der Waals surface area contributed by atoms with Crippen LogP contribution in [0.3, 0.4) is 0 Å². The summed E-state index contributed by atoms with van der Waals surface area (Å²) >= 11 is 0. The van der Waals surface area contributed by atoms with Crippen molar-refractivity contribution in [1.82, 2.24) is 14.8 Å². The number of aliphatic hydroxyl groups is 1. The van der Waals surface area contributed by atoms with E-state index in [4.69, 9.17) is 34.5 Å². The number of anilines is 1. The van der Waals surface area contributed by atoms with Crippen LogP contribution in [-0.2, 0) is 27.9 Å². The van der Waals surface area contributed by atoms with Crippen LogP contribution in [0.4, 0.5) is 5.82 Å². The molecular weight excluding hydrogens is 521 g/mol. The lowest BCUT2D eigenvalue weighted by Crippen LogP contribution is -2.55. The number of nitrogens with two attached hydrogens (primary N) is 2. The van der Waals surface area contributed by atoms with E-state index in [1.165, 1.54) is 26.0 Å². The molecule has 0 saturated carbocycles. The molecule has 0 bridgehead atoms. The SMILES string of the molecule is CC#CC1(N)[C@@H](O)[C@@H](CO[P@](=O)(Oc2ccccc2)O[C@@H](C)C(=O)OC(C)C)O[C@H]1n1ncc(N)nc1=O. The summed E-state index contributed by atoms with van der Waals surface area (Å²) in [6.07, 6.45) is -4.92. The Hall–Kier alpha value is -3.31. The number of aliphatic hydroxyl groups excluding tert-OH is 1. The number of nitrogens with zero attached hydrogens (tertiary/aromatic N) is 3. The van der Waals surface area contributed by atoms with E-state index in [2.05, 4.69) is 21.9 Å². The first-order valence-corrected chi connectivity index (χ1v) is 13.0. The van der Waals surface area contributed by atoms with Crippen molar-refractivity contribution >= 4 is 19.6 Å². The average Bonchev–Trinajstić information content (AvgIpc) is 3.08. The second kappa shape index (κ2) is 12.0. The fourth-order valence-electron chi connectivity index (χ4n) is 3.49. The van der Waals surface area contributed by atoms with Gasteiger partial charge in [-0.3, -0.25) is 9.05 Å². The molecule has 1 fully saturated rings. The molecule has 6 atom stereocenters. The van der Waals surface area contributed by atoms with Gasteiger partial charge in [-0.15, -0.1) is 5.92 Å². The van der Waals surface area contributed by atoms with Gasteiger partial charge >= 0.3 is 19.5 Å². The molecule has 206 valence electrons. The Bertz CT molecular complexity index is 1300. The summed E-state index contributed by atoms with van der Waals surface area (Å²) in [6.45, 7) is 5.49. The maximum absolute atomic E-state index is 13.6. The quantitative estimate of drug-likeness (QED) is 0.212. The molecule has 0 amide bonds. The first kappa shape index (κ1) is 29.2. The number of carbonyl (C=O) groups excluding carboxylic acids is 1. The van der Waals surface area contributed by atoms with Crippen molar-refractivity contribution < 1.29 is 37.5 Å². The molecule has 14 nitrogen and oxygen atoms in total. The smallest absolute Gasteiger partial charge is 0.461 e. The van der Waals surface area contributed by atoms with Gasteiger partial charge in [-0.2, -0.15) is 14.8 Å². The highest BCUT2D eigenvalue weighted by atomic mass is 31.2. The van der Waals surface area contributed by atoms with Crippen LogP contribution in [0.2, 0.25) is 0 Å². The second-order valence-electron chi connectivity index (χ2n) is 8.57. The molecule has 0 spiro atoms. The minimum atomic E-state index is -4.52. The van der Waals surface area contributed by atoms with Crippen molar-refractivity contribution in [2.75, 3.05) is 12.3 Å². The van der Waals surface area contributed by atoms with Crippen molar-refractivity contribution in [2.24, 2.45) is 5.73 Å². The lowest BCUT2D eigenvalue weighted by Gasteiger charge is -2.27. The van der Waals surface area contributed by atoms with Crippen LogP contribution in [-0.4, -0.2) is 62.4 Å². The second-order valence-corrected chi connectivity index (χ2v) is 10.1.